The van der Waals surface area contributed by atoms with Gasteiger partial charge >= 0.3 is 0 Å². The number of anilines is 1. The lowest BCUT2D eigenvalue weighted by Gasteiger charge is -2.09. The van der Waals surface area contributed by atoms with Gasteiger partial charge in [0.15, 0.2) is 16.5 Å². The van der Waals surface area contributed by atoms with Gasteiger partial charge in [-0.3, -0.25) is 10.1 Å². The average Bonchev–Trinajstić information content (AvgIpc) is 3.48. The summed E-state index contributed by atoms with van der Waals surface area (Å²) in [6.07, 6.45) is 0. The number of thiocarbonyl (C=S) groups is 1. The van der Waals surface area contributed by atoms with E-state index in [2.05, 4.69) is 15.6 Å². The minimum Gasteiger partial charge on any atom is -0.451 e. The lowest BCUT2D eigenvalue weighted by atomic mass is 10.2. The van der Waals surface area contributed by atoms with E-state index in [0.29, 0.717) is 38.5 Å². The molecule has 0 aliphatic carbocycles. The van der Waals surface area contributed by atoms with Gasteiger partial charge in [0.05, 0.1) is 10.0 Å². The minimum absolute atomic E-state index is 0.0791. The molecule has 0 unspecified atom stereocenters. The molecule has 2 aromatic heterocycles. The van der Waals surface area contributed by atoms with E-state index in [-0.39, 0.29) is 10.9 Å². The van der Waals surface area contributed by atoms with Crippen LogP contribution in [0.3, 0.4) is 0 Å². The van der Waals surface area contributed by atoms with Crippen LogP contribution in [0.25, 0.3) is 33.9 Å². The number of furan rings is 1. The maximum atomic E-state index is 12.6. The fourth-order valence-electron chi connectivity index (χ4n) is 3.35. The van der Waals surface area contributed by atoms with Crippen molar-refractivity contribution in [2.45, 2.75) is 0 Å². The van der Waals surface area contributed by atoms with Crippen molar-refractivity contribution >= 4 is 63.2 Å². The number of hydrogen-bond acceptors (Lipinski definition) is 5. The van der Waals surface area contributed by atoms with Crippen molar-refractivity contribution in [1.82, 2.24) is 10.3 Å². The molecule has 0 saturated heterocycles. The van der Waals surface area contributed by atoms with Crippen LogP contribution in [0.4, 0.5) is 5.69 Å². The number of para-hydroxylation sites is 2. The average molecular weight is 508 g/mol. The van der Waals surface area contributed by atoms with Crippen LogP contribution in [-0.2, 0) is 0 Å². The van der Waals surface area contributed by atoms with Crippen LogP contribution in [0.2, 0.25) is 10.0 Å². The van der Waals surface area contributed by atoms with Gasteiger partial charge in [-0.05, 0) is 66.8 Å². The first-order valence-electron chi connectivity index (χ1n) is 10.1. The molecular formula is C25H15Cl2N3O3S. The molecule has 6 nitrogen and oxygen atoms in total. The number of amides is 1. The standard InChI is InChI=1S/C25H15Cl2N3O3S/c26-17-8-4-7-16(22(17)27)19-11-12-21(32-19)23(31)30-25(34)28-15-6-3-5-14(13-15)24-29-18-9-1-2-10-20(18)33-24/h1-13H,(H2,28,30,31,34). The summed E-state index contributed by atoms with van der Waals surface area (Å²) in [4.78, 5) is 17.1. The summed E-state index contributed by atoms with van der Waals surface area (Å²) in [5, 5.41) is 6.45. The van der Waals surface area contributed by atoms with Crippen molar-refractivity contribution in [3.05, 3.63) is 94.7 Å². The van der Waals surface area contributed by atoms with Crippen molar-refractivity contribution in [3.8, 4) is 22.8 Å². The molecule has 0 atom stereocenters. The summed E-state index contributed by atoms with van der Waals surface area (Å²) in [7, 11) is 0. The number of carbonyl (C=O) groups is 1. The Morgan fingerprint density at radius 2 is 1.74 bits per heavy atom. The molecule has 0 spiro atoms. The highest BCUT2D eigenvalue weighted by molar-refractivity contribution is 7.80. The smallest absolute Gasteiger partial charge is 0.293 e. The van der Waals surface area contributed by atoms with Crippen molar-refractivity contribution in [2.24, 2.45) is 0 Å². The topological polar surface area (TPSA) is 80.3 Å². The molecule has 168 valence electrons. The van der Waals surface area contributed by atoms with Gasteiger partial charge in [-0.2, -0.15) is 0 Å². The number of carbonyl (C=O) groups excluding carboxylic acids is 1. The Hall–Kier alpha value is -3.65. The van der Waals surface area contributed by atoms with Gasteiger partial charge in [0.25, 0.3) is 5.91 Å². The molecule has 2 N–H and O–H groups in total. The molecule has 5 rings (SSSR count). The Morgan fingerprint density at radius 1 is 0.912 bits per heavy atom. The Bertz CT molecular complexity index is 1510. The number of oxazole rings is 1. The molecule has 5 aromatic rings. The number of nitrogens with one attached hydrogen (secondary N) is 2. The van der Waals surface area contributed by atoms with E-state index in [1.807, 2.05) is 48.5 Å². The third-order valence-corrected chi connectivity index (χ3v) is 5.96. The summed E-state index contributed by atoms with van der Waals surface area (Å²) in [6.45, 7) is 0. The van der Waals surface area contributed by atoms with E-state index in [0.717, 1.165) is 11.1 Å². The summed E-state index contributed by atoms with van der Waals surface area (Å²) in [5.41, 5.74) is 3.50. The number of rotatable bonds is 4. The molecule has 9 heteroatoms. The van der Waals surface area contributed by atoms with Crippen LogP contribution in [0.5, 0.6) is 0 Å². The highest BCUT2D eigenvalue weighted by atomic mass is 35.5. The van der Waals surface area contributed by atoms with Crippen LogP contribution in [0.1, 0.15) is 10.6 Å². The summed E-state index contributed by atoms with van der Waals surface area (Å²) in [6, 6.07) is 23.3. The van der Waals surface area contributed by atoms with Crippen LogP contribution in [0.15, 0.2) is 87.7 Å². The SMILES string of the molecule is O=C(NC(=S)Nc1cccc(-c2nc3ccccc3o2)c1)c1ccc(-c2cccc(Cl)c2Cl)o1. The first-order chi connectivity index (χ1) is 16.5. The number of halogens is 2. The third kappa shape index (κ3) is 4.54. The predicted molar refractivity (Wildman–Crippen MR) is 137 cm³/mol. The highest BCUT2D eigenvalue weighted by Crippen LogP contribution is 2.34. The molecule has 1 amide bonds. The zero-order valence-electron chi connectivity index (χ0n) is 17.3. The zero-order chi connectivity index (χ0) is 23.7. The van der Waals surface area contributed by atoms with E-state index >= 15 is 0 Å². The van der Waals surface area contributed by atoms with Crippen LogP contribution in [-0.4, -0.2) is 16.0 Å². The van der Waals surface area contributed by atoms with Gasteiger partial charge < -0.3 is 14.2 Å². The molecule has 0 bridgehead atoms. The Morgan fingerprint density at radius 3 is 2.59 bits per heavy atom. The summed E-state index contributed by atoms with van der Waals surface area (Å²) in [5.74, 6) is 0.484. The van der Waals surface area contributed by atoms with E-state index in [4.69, 9.17) is 44.3 Å². The number of hydrogen-bond donors (Lipinski definition) is 2. The second-order valence-electron chi connectivity index (χ2n) is 7.24. The Labute approximate surface area is 209 Å². The number of aromatic nitrogens is 1. The maximum absolute atomic E-state index is 12.6. The number of nitrogens with zero attached hydrogens (tertiary/aromatic N) is 1. The second kappa shape index (κ2) is 9.30. The van der Waals surface area contributed by atoms with Crippen LogP contribution >= 0.6 is 35.4 Å². The van der Waals surface area contributed by atoms with Gasteiger partial charge in [-0.25, -0.2) is 4.98 Å². The Kier molecular flexibility index (Phi) is 6.06. The van der Waals surface area contributed by atoms with Crippen LogP contribution in [0, 0.1) is 0 Å². The lowest BCUT2D eigenvalue weighted by Crippen LogP contribution is -2.33. The molecular weight excluding hydrogens is 493 g/mol. The van der Waals surface area contributed by atoms with Gasteiger partial charge in [0.1, 0.15) is 11.3 Å². The van der Waals surface area contributed by atoms with E-state index < -0.39 is 5.91 Å². The van der Waals surface area contributed by atoms with E-state index in [9.17, 15) is 4.79 Å². The first kappa shape index (κ1) is 22.2. The fraction of sp³-hybridized carbons (Fsp3) is 0. The molecule has 2 heterocycles. The largest absolute Gasteiger partial charge is 0.451 e. The van der Waals surface area contributed by atoms with Crippen molar-refractivity contribution < 1.29 is 13.6 Å². The molecule has 0 fully saturated rings. The van der Waals surface area contributed by atoms with Crippen molar-refractivity contribution in [2.75, 3.05) is 5.32 Å². The lowest BCUT2D eigenvalue weighted by molar-refractivity contribution is 0.0951. The molecule has 0 saturated carbocycles. The van der Waals surface area contributed by atoms with Crippen LogP contribution < -0.4 is 10.6 Å². The zero-order valence-corrected chi connectivity index (χ0v) is 19.7. The monoisotopic (exact) mass is 507 g/mol. The van der Waals surface area contributed by atoms with E-state index in [1.165, 1.54) is 0 Å². The highest BCUT2D eigenvalue weighted by Gasteiger charge is 2.16. The molecule has 3 aromatic carbocycles. The third-order valence-electron chi connectivity index (χ3n) is 4.94. The molecule has 34 heavy (non-hydrogen) atoms. The quantitative estimate of drug-likeness (QED) is 0.250. The van der Waals surface area contributed by atoms with Crippen molar-refractivity contribution in [1.29, 1.82) is 0 Å². The fourth-order valence-corrected chi connectivity index (χ4v) is 3.96. The predicted octanol–water partition coefficient (Wildman–Crippen LogP) is 7.19. The van der Waals surface area contributed by atoms with Gasteiger partial charge in [-0.1, -0.05) is 47.5 Å². The van der Waals surface area contributed by atoms with Gasteiger partial charge in [0.2, 0.25) is 5.89 Å². The van der Waals surface area contributed by atoms with E-state index in [1.54, 1.807) is 30.3 Å². The maximum Gasteiger partial charge on any atom is 0.293 e. The van der Waals surface area contributed by atoms with Gasteiger partial charge in [-0.15, -0.1) is 0 Å². The van der Waals surface area contributed by atoms with Gasteiger partial charge in [0, 0.05) is 16.8 Å². The second-order valence-corrected chi connectivity index (χ2v) is 8.43. The number of fused-ring (bicyclic) bond motifs is 1. The summed E-state index contributed by atoms with van der Waals surface area (Å²) < 4.78 is 11.5. The summed E-state index contributed by atoms with van der Waals surface area (Å²) >= 11 is 17.6. The normalized spacial score (nSPS) is 10.9. The number of benzene rings is 3. The first-order valence-corrected chi connectivity index (χ1v) is 11.3. The molecule has 0 aliphatic heterocycles. The molecule has 0 aliphatic rings. The Balaban J connectivity index is 1.27. The molecule has 0 radical (unpaired) electrons. The van der Waals surface area contributed by atoms with Crippen molar-refractivity contribution in [3.63, 3.8) is 0 Å². The minimum atomic E-state index is -0.503.